The van der Waals surface area contributed by atoms with Gasteiger partial charge in [-0.05, 0) is 16.3 Å². The average molecular weight is 366 g/mol. The number of halogens is 7. The van der Waals surface area contributed by atoms with E-state index in [1.165, 1.54) is 12.1 Å². The molecule has 2 aromatic carbocycles. The number of Topliss-reactive ketones (excluding diaryl/α,β-unsaturated/α-hetero) is 2. The number of ketones is 2. The van der Waals surface area contributed by atoms with Crippen LogP contribution in [0.4, 0.5) is 30.7 Å². The second-order valence-electron chi connectivity index (χ2n) is 5.29. The number of hydrogen-bond acceptors (Lipinski definition) is 2. The van der Waals surface area contributed by atoms with Gasteiger partial charge in [-0.2, -0.15) is 30.7 Å². The van der Waals surface area contributed by atoms with Gasteiger partial charge in [-0.15, -0.1) is 0 Å². The van der Waals surface area contributed by atoms with Crippen molar-refractivity contribution in [2.45, 2.75) is 24.4 Å². The molecule has 0 fully saturated rings. The van der Waals surface area contributed by atoms with Gasteiger partial charge >= 0.3 is 23.8 Å². The molecule has 0 aliphatic heterocycles. The standard InChI is InChI=1S/C16H9F7O2/c17-14(18,15(19,20)12(24)13(25)16(21,22)23)8-9-5-6-10-3-1-2-4-11(10)7-9/h1-7H,8H2. The Kier molecular flexibility index (Phi) is 4.63. The van der Waals surface area contributed by atoms with Crippen molar-refractivity contribution >= 4 is 22.3 Å². The fourth-order valence-corrected chi connectivity index (χ4v) is 2.15. The summed E-state index contributed by atoms with van der Waals surface area (Å²) in [6.45, 7) is 0. The lowest BCUT2D eigenvalue weighted by Gasteiger charge is -2.25. The molecule has 0 atom stereocenters. The maximum absolute atomic E-state index is 13.8. The van der Waals surface area contributed by atoms with Gasteiger partial charge in [0.2, 0.25) is 0 Å². The van der Waals surface area contributed by atoms with E-state index in [0.29, 0.717) is 10.8 Å². The highest BCUT2D eigenvalue weighted by molar-refractivity contribution is 6.42. The van der Waals surface area contributed by atoms with Gasteiger partial charge in [-0.25, -0.2) is 0 Å². The molecule has 0 saturated heterocycles. The average Bonchev–Trinajstić information content (AvgIpc) is 2.51. The smallest absolute Gasteiger partial charge is 0.283 e. The molecule has 0 radical (unpaired) electrons. The lowest BCUT2D eigenvalue weighted by Crippen LogP contribution is -2.53. The summed E-state index contributed by atoms with van der Waals surface area (Å²) >= 11 is 0. The highest BCUT2D eigenvalue weighted by Gasteiger charge is 2.66. The van der Waals surface area contributed by atoms with E-state index in [-0.39, 0.29) is 5.56 Å². The van der Waals surface area contributed by atoms with Gasteiger partial charge in [0, 0.05) is 6.42 Å². The lowest BCUT2D eigenvalue weighted by molar-refractivity contribution is -0.215. The van der Waals surface area contributed by atoms with Crippen LogP contribution in [0.25, 0.3) is 10.8 Å². The van der Waals surface area contributed by atoms with Crippen LogP contribution in [0.3, 0.4) is 0 Å². The van der Waals surface area contributed by atoms with Crippen LogP contribution in [0.2, 0.25) is 0 Å². The summed E-state index contributed by atoms with van der Waals surface area (Å²) in [4.78, 5) is 21.6. The molecule has 9 heteroatoms. The second-order valence-corrected chi connectivity index (χ2v) is 5.29. The topological polar surface area (TPSA) is 34.1 Å². The van der Waals surface area contributed by atoms with Crippen LogP contribution in [-0.2, 0) is 16.0 Å². The van der Waals surface area contributed by atoms with Crippen LogP contribution in [0, 0.1) is 0 Å². The Labute approximate surface area is 136 Å². The maximum Gasteiger partial charge on any atom is 0.458 e. The molecule has 0 aromatic heterocycles. The molecular weight excluding hydrogens is 357 g/mol. The summed E-state index contributed by atoms with van der Waals surface area (Å²) in [6.07, 6.45) is -7.67. The molecular formula is C16H9F7O2. The Morgan fingerprint density at radius 1 is 0.760 bits per heavy atom. The third kappa shape index (κ3) is 3.64. The maximum atomic E-state index is 13.8. The minimum Gasteiger partial charge on any atom is -0.283 e. The van der Waals surface area contributed by atoms with E-state index in [4.69, 9.17) is 0 Å². The van der Waals surface area contributed by atoms with Gasteiger partial charge in [0.25, 0.3) is 5.78 Å². The van der Waals surface area contributed by atoms with E-state index in [0.717, 1.165) is 12.1 Å². The number of hydrogen-bond donors (Lipinski definition) is 0. The Balaban J connectivity index is 2.32. The first-order chi connectivity index (χ1) is 11.4. The van der Waals surface area contributed by atoms with Crippen molar-refractivity contribution in [2.24, 2.45) is 0 Å². The van der Waals surface area contributed by atoms with Crippen LogP contribution in [-0.4, -0.2) is 29.6 Å². The highest BCUT2D eigenvalue weighted by atomic mass is 19.4. The van der Waals surface area contributed by atoms with Crippen molar-refractivity contribution in [1.29, 1.82) is 0 Å². The third-order valence-electron chi connectivity index (χ3n) is 3.45. The second kappa shape index (κ2) is 6.12. The molecule has 0 aliphatic rings. The predicted molar refractivity (Wildman–Crippen MR) is 73.6 cm³/mol. The van der Waals surface area contributed by atoms with Crippen LogP contribution in [0.1, 0.15) is 5.56 Å². The van der Waals surface area contributed by atoms with E-state index in [9.17, 15) is 40.3 Å². The van der Waals surface area contributed by atoms with Gasteiger partial charge < -0.3 is 0 Å². The predicted octanol–water partition coefficient (Wildman–Crippen LogP) is 4.35. The zero-order valence-corrected chi connectivity index (χ0v) is 12.2. The summed E-state index contributed by atoms with van der Waals surface area (Å²) in [5.74, 6) is -18.0. The van der Waals surface area contributed by atoms with E-state index in [1.54, 1.807) is 18.2 Å². The molecule has 0 amide bonds. The van der Waals surface area contributed by atoms with Crippen molar-refractivity contribution in [3.63, 3.8) is 0 Å². The quantitative estimate of drug-likeness (QED) is 0.582. The van der Waals surface area contributed by atoms with Gasteiger partial charge in [0.1, 0.15) is 0 Å². The molecule has 0 bridgehead atoms. The SMILES string of the molecule is O=C(C(=O)C(F)(F)C(F)(F)Cc1ccc2ccccc2c1)C(F)(F)F. The van der Waals surface area contributed by atoms with Crippen molar-refractivity contribution in [3.05, 3.63) is 48.0 Å². The van der Waals surface area contributed by atoms with Gasteiger partial charge in [0.05, 0.1) is 0 Å². The molecule has 0 aliphatic carbocycles. The molecule has 0 spiro atoms. The first-order valence-corrected chi connectivity index (χ1v) is 6.75. The fraction of sp³-hybridized carbons (Fsp3) is 0.250. The first kappa shape index (κ1) is 18.9. The number of carbonyl (C=O) groups is 2. The Bertz CT molecular complexity index is 825. The Morgan fingerprint density at radius 3 is 1.88 bits per heavy atom. The zero-order valence-electron chi connectivity index (χ0n) is 12.2. The van der Waals surface area contributed by atoms with E-state index in [2.05, 4.69) is 0 Å². The number of fused-ring (bicyclic) bond motifs is 1. The van der Waals surface area contributed by atoms with Crippen molar-refractivity contribution in [2.75, 3.05) is 0 Å². The first-order valence-electron chi connectivity index (χ1n) is 6.75. The number of rotatable bonds is 5. The minimum absolute atomic E-state index is 0.323. The van der Waals surface area contributed by atoms with Crippen LogP contribution in [0.15, 0.2) is 42.5 Å². The fourth-order valence-electron chi connectivity index (χ4n) is 2.15. The number of carbonyl (C=O) groups excluding carboxylic acids is 2. The van der Waals surface area contributed by atoms with E-state index >= 15 is 0 Å². The monoisotopic (exact) mass is 366 g/mol. The highest BCUT2D eigenvalue weighted by Crippen LogP contribution is 2.39. The Morgan fingerprint density at radius 2 is 1.32 bits per heavy atom. The summed E-state index contributed by atoms with van der Waals surface area (Å²) in [5, 5.41) is 1.07. The number of benzene rings is 2. The molecule has 0 N–H and O–H groups in total. The van der Waals surface area contributed by atoms with Crippen molar-refractivity contribution in [3.8, 4) is 0 Å². The third-order valence-corrected chi connectivity index (χ3v) is 3.45. The van der Waals surface area contributed by atoms with E-state index in [1.807, 2.05) is 0 Å². The lowest BCUT2D eigenvalue weighted by atomic mass is 9.95. The molecule has 2 rings (SSSR count). The van der Waals surface area contributed by atoms with E-state index < -0.39 is 36.0 Å². The summed E-state index contributed by atoms with van der Waals surface area (Å²) < 4.78 is 90.9. The molecule has 0 saturated carbocycles. The summed E-state index contributed by atoms with van der Waals surface area (Å²) in [6, 6.07) is 9.99. The van der Waals surface area contributed by atoms with Gasteiger partial charge in [-0.3, -0.25) is 9.59 Å². The molecule has 2 nitrogen and oxygen atoms in total. The molecule has 25 heavy (non-hydrogen) atoms. The molecule has 2 aromatic rings. The Hall–Kier alpha value is -2.45. The molecule has 0 heterocycles. The zero-order chi connectivity index (χ0) is 19.0. The largest absolute Gasteiger partial charge is 0.458 e. The van der Waals surface area contributed by atoms with Crippen molar-refractivity contribution in [1.82, 2.24) is 0 Å². The summed E-state index contributed by atoms with van der Waals surface area (Å²) in [7, 11) is 0. The van der Waals surface area contributed by atoms with Crippen LogP contribution in [0.5, 0.6) is 0 Å². The number of alkyl halides is 7. The summed E-state index contributed by atoms with van der Waals surface area (Å²) in [5.41, 5.74) is -0.323. The van der Waals surface area contributed by atoms with Crippen molar-refractivity contribution < 1.29 is 40.3 Å². The molecule has 0 unspecified atom stereocenters. The normalized spacial score (nSPS) is 13.1. The van der Waals surface area contributed by atoms with Gasteiger partial charge in [0.15, 0.2) is 0 Å². The van der Waals surface area contributed by atoms with Crippen LogP contribution >= 0.6 is 0 Å². The van der Waals surface area contributed by atoms with Gasteiger partial charge in [-0.1, -0.05) is 42.5 Å². The van der Waals surface area contributed by atoms with Crippen LogP contribution < -0.4 is 0 Å². The molecule has 134 valence electrons. The minimum atomic E-state index is -5.96.